The summed E-state index contributed by atoms with van der Waals surface area (Å²) in [6, 6.07) is 10.1. The van der Waals surface area contributed by atoms with Gasteiger partial charge in [-0.3, -0.25) is 4.79 Å². The molecule has 2 aliphatic rings. The van der Waals surface area contributed by atoms with Crippen LogP contribution in [-0.2, 0) is 9.53 Å². The fraction of sp³-hybridized carbons (Fsp3) is 0.533. The van der Waals surface area contributed by atoms with E-state index in [1.165, 1.54) is 32.1 Å². The van der Waals surface area contributed by atoms with Gasteiger partial charge >= 0.3 is 0 Å². The Balaban J connectivity index is 1.65. The Hall–Kier alpha value is -1.95. The second-order valence-corrected chi connectivity index (χ2v) is 13.0. The molecule has 3 aromatic rings. The first-order valence-corrected chi connectivity index (χ1v) is 14.4. The van der Waals surface area contributed by atoms with Gasteiger partial charge in [0, 0.05) is 29.2 Å². The van der Waals surface area contributed by atoms with E-state index in [1.807, 2.05) is 45.0 Å². The Kier molecular flexibility index (Phi) is 7.19. The van der Waals surface area contributed by atoms with Gasteiger partial charge in [-0.05, 0) is 88.6 Å². The standard InChI is InChI=1S/C30H37ClN2O2S/c1-18-16-24-28(36-29(32-24)33-15-14-20-8-6-7-9-22(20)17-33)26(21-10-12-23(31)13-11-21)25(18)27(19(2)34)35-30(3,4)5/h10-13,16,20,22,27H,6-9,14-15,17H2,1-5H3/t20-,22+,27+/m0/s1. The molecule has 0 amide bonds. The first-order chi connectivity index (χ1) is 17.1. The lowest BCUT2D eigenvalue weighted by Gasteiger charge is -2.41. The lowest BCUT2D eigenvalue weighted by molar-refractivity contribution is -0.138. The van der Waals surface area contributed by atoms with Gasteiger partial charge in [0.15, 0.2) is 10.9 Å². The number of ether oxygens (including phenoxy) is 1. The summed E-state index contributed by atoms with van der Waals surface area (Å²) in [6.07, 6.45) is 6.10. The third-order valence-corrected chi connectivity index (χ3v) is 9.12. The monoisotopic (exact) mass is 524 g/mol. The first kappa shape index (κ1) is 25.7. The highest BCUT2D eigenvalue weighted by Crippen LogP contribution is 2.46. The van der Waals surface area contributed by atoms with Crippen molar-refractivity contribution in [3.05, 3.63) is 46.5 Å². The number of fused-ring (bicyclic) bond motifs is 2. The van der Waals surface area contributed by atoms with Gasteiger partial charge in [-0.1, -0.05) is 54.3 Å². The number of piperidine rings is 1. The molecule has 0 bridgehead atoms. The smallest absolute Gasteiger partial charge is 0.186 e. The van der Waals surface area contributed by atoms with E-state index in [1.54, 1.807) is 18.3 Å². The number of hydrogen-bond acceptors (Lipinski definition) is 5. The van der Waals surface area contributed by atoms with Crippen LogP contribution in [-0.4, -0.2) is 29.5 Å². The molecule has 0 spiro atoms. The van der Waals surface area contributed by atoms with Gasteiger partial charge in [-0.2, -0.15) is 0 Å². The van der Waals surface area contributed by atoms with Crippen molar-refractivity contribution in [1.29, 1.82) is 0 Å². The third kappa shape index (κ3) is 5.20. The molecule has 3 atom stereocenters. The molecule has 1 saturated carbocycles. The zero-order chi connectivity index (χ0) is 25.6. The van der Waals surface area contributed by atoms with Crippen molar-refractivity contribution in [2.45, 2.75) is 78.4 Å². The van der Waals surface area contributed by atoms with Crippen molar-refractivity contribution in [3.63, 3.8) is 0 Å². The number of aryl methyl sites for hydroxylation is 1. The SMILES string of the molecule is CC(=O)[C@@H](OC(C)(C)C)c1c(C)cc2nc(N3CC[C@@H]4CCCC[C@@H]4C3)sc2c1-c1ccc(Cl)cc1. The molecule has 0 unspecified atom stereocenters. The number of hydrogen-bond donors (Lipinski definition) is 0. The van der Waals surface area contributed by atoms with Gasteiger partial charge in [0.2, 0.25) is 0 Å². The molecule has 0 N–H and O–H groups in total. The van der Waals surface area contributed by atoms with Crippen LogP contribution in [0.2, 0.25) is 5.02 Å². The zero-order valence-electron chi connectivity index (χ0n) is 22.1. The van der Waals surface area contributed by atoms with Crippen molar-refractivity contribution in [1.82, 2.24) is 4.98 Å². The Morgan fingerprint density at radius 1 is 1.14 bits per heavy atom. The van der Waals surface area contributed by atoms with Crippen LogP contribution in [0.4, 0.5) is 5.13 Å². The fourth-order valence-corrected chi connectivity index (χ4v) is 7.34. The summed E-state index contributed by atoms with van der Waals surface area (Å²) in [5, 5.41) is 1.79. The van der Waals surface area contributed by atoms with E-state index in [2.05, 4.69) is 17.9 Å². The molecule has 2 fully saturated rings. The molecule has 5 rings (SSSR count). The lowest BCUT2D eigenvalue weighted by atomic mass is 9.75. The maximum atomic E-state index is 13.0. The number of benzene rings is 2. The number of rotatable bonds is 5. The summed E-state index contributed by atoms with van der Waals surface area (Å²) in [4.78, 5) is 20.6. The topological polar surface area (TPSA) is 42.4 Å². The minimum Gasteiger partial charge on any atom is -0.360 e. The van der Waals surface area contributed by atoms with E-state index in [0.29, 0.717) is 5.02 Å². The number of ketones is 1. The quantitative estimate of drug-likeness (QED) is 0.336. The number of carbonyl (C=O) groups excluding carboxylic acids is 1. The van der Waals surface area contributed by atoms with Crippen molar-refractivity contribution in [2.24, 2.45) is 11.8 Å². The number of nitrogens with zero attached hydrogens (tertiary/aromatic N) is 2. The van der Waals surface area contributed by atoms with Crippen molar-refractivity contribution < 1.29 is 9.53 Å². The minimum absolute atomic E-state index is 0.00620. The highest BCUT2D eigenvalue weighted by atomic mass is 35.5. The molecule has 0 radical (unpaired) electrons. The Bertz CT molecular complexity index is 1260. The molecule has 1 aromatic heterocycles. The van der Waals surface area contributed by atoms with Crippen LogP contribution in [0.15, 0.2) is 30.3 Å². The highest BCUT2D eigenvalue weighted by molar-refractivity contribution is 7.22. The Morgan fingerprint density at radius 3 is 2.50 bits per heavy atom. The van der Waals surface area contributed by atoms with E-state index >= 15 is 0 Å². The van der Waals surface area contributed by atoms with E-state index in [9.17, 15) is 4.79 Å². The number of Topliss-reactive ketones (excluding diaryl/α,β-unsaturated/α-hetero) is 1. The van der Waals surface area contributed by atoms with Crippen LogP contribution in [0.3, 0.4) is 0 Å². The van der Waals surface area contributed by atoms with Gasteiger partial charge in [0.1, 0.15) is 6.10 Å². The molecule has 2 heterocycles. The average Bonchev–Trinajstić information content (AvgIpc) is 3.25. The van der Waals surface area contributed by atoms with Crippen molar-refractivity contribution in [3.8, 4) is 11.1 Å². The zero-order valence-corrected chi connectivity index (χ0v) is 23.6. The molecule has 6 heteroatoms. The number of aromatic nitrogens is 1. The van der Waals surface area contributed by atoms with Gasteiger partial charge in [-0.15, -0.1) is 0 Å². The summed E-state index contributed by atoms with van der Waals surface area (Å²) in [7, 11) is 0. The molecule has 4 nitrogen and oxygen atoms in total. The molecule has 1 aliphatic heterocycles. The number of anilines is 1. The maximum absolute atomic E-state index is 13.0. The highest BCUT2D eigenvalue weighted by Gasteiger charge is 2.34. The second kappa shape index (κ2) is 10.1. The molecular formula is C30H37ClN2O2S. The molecule has 36 heavy (non-hydrogen) atoms. The van der Waals surface area contributed by atoms with Crippen LogP contribution < -0.4 is 4.90 Å². The predicted octanol–water partition coefficient (Wildman–Crippen LogP) is 8.39. The lowest BCUT2D eigenvalue weighted by Crippen LogP contribution is -2.41. The van der Waals surface area contributed by atoms with Crippen LogP contribution >= 0.6 is 22.9 Å². The Labute approximate surface area is 224 Å². The molecule has 2 aromatic carbocycles. The largest absolute Gasteiger partial charge is 0.360 e. The molecule has 192 valence electrons. The van der Waals surface area contributed by atoms with E-state index in [4.69, 9.17) is 21.3 Å². The number of halogens is 1. The summed E-state index contributed by atoms with van der Waals surface area (Å²) in [6.45, 7) is 11.9. The maximum Gasteiger partial charge on any atom is 0.186 e. The average molecular weight is 525 g/mol. The number of carbonyl (C=O) groups is 1. The van der Waals surface area contributed by atoms with Crippen LogP contribution in [0, 0.1) is 18.8 Å². The summed E-state index contributed by atoms with van der Waals surface area (Å²) in [5.74, 6) is 1.68. The third-order valence-electron chi connectivity index (χ3n) is 7.71. The van der Waals surface area contributed by atoms with E-state index < -0.39 is 11.7 Å². The first-order valence-electron chi connectivity index (χ1n) is 13.2. The Morgan fingerprint density at radius 2 is 1.83 bits per heavy atom. The summed E-state index contributed by atoms with van der Waals surface area (Å²) >= 11 is 8.01. The predicted molar refractivity (Wildman–Crippen MR) is 151 cm³/mol. The van der Waals surface area contributed by atoms with Gasteiger partial charge in [0.25, 0.3) is 0 Å². The summed E-state index contributed by atoms with van der Waals surface area (Å²) < 4.78 is 7.49. The summed E-state index contributed by atoms with van der Waals surface area (Å²) in [5.41, 5.74) is 4.58. The van der Waals surface area contributed by atoms with Crippen LogP contribution in [0.5, 0.6) is 0 Å². The second-order valence-electron chi connectivity index (χ2n) is 11.6. The van der Waals surface area contributed by atoms with Crippen molar-refractivity contribution >= 4 is 44.1 Å². The molecule has 1 aliphatic carbocycles. The van der Waals surface area contributed by atoms with E-state index in [0.717, 1.165) is 62.5 Å². The normalized spacial score (nSPS) is 21.4. The van der Waals surface area contributed by atoms with Gasteiger partial charge in [-0.25, -0.2) is 4.98 Å². The van der Waals surface area contributed by atoms with E-state index in [-0.39, 0.29) is 5.78 Å². The fourth-order valence-electron chi connectivity index (χ4n) is 6.05. The molecule has 1 saturated heterocycles. The molecular weight excluding hydrogens is 488 g/mol. The van der Waals surface area contributed by atoms with Gasteiger partial charge in [0.05, 0.1) is 15.8 Å². The minimum atomic E-state index is -0.649. The van der Waals surface area contributed by atoms with Gasteiger partial charge < -0.3 is 9.64 Å². The van der Waals surface area contributed by atoms with Crippen LogP contribution in [0.25, 0.3) is 21.3 Å². The van der Waals surface area contributed by atoms with Crippen molar-refractivity contribution in [2.75, 3.05) is 18.0 Å². The number of thiazole rings is 1. The van der Waals surface area contributed by atoms with Crippen LogP contribution in [0.1, 0.15) is 77.0 Å².